The Balaban J connectivity index is 1.97. The number of amides is 2. The average molecular weight is 418 g/mol. The number of carbonyl (C=O) groups is 2. The van der Waals surface area contributed by atoms with E-state index in [9.17, 15) is 18.4 Å². The molecular formula is C23H28F2N2O3. The number of hydrogen-bond donors (Lipinski definition) is 2. The Morgan fingerprint density at radius 3 is 2.40 bits per heavy atom. The van der Waals surface area contributed by atoms with Gasteiger partial charge in [0.05, 0.1) is 0 Å². The molecule has 0 aromatic heterocycles. The second-order valence-electron chi connectivity index (χ2n) is 8.02. The monoisotopic (exact) mass is 418 g/mol. The Bertz CT molecular complexity index is 849. The van der Waals surface area contributed by atoms with Crippen LogP contribution in [0.2, 0.25) is 0 Å². The van der Waals surface area contributed by atoms with Gasteiger partial charge in [0.2, 0.25) is 11.8 Å². The first-order valence-electron chi connectivity index (χ1n) is 9.85. The molecule has 2 rings (SSSR count). The highest BCUT2D eigenvalue weighted by Gasteiger charge is 2.20. The van der Waals surface area contributed by atoms with E-state index in [1.807, 2.05) is 51.1 Å². The number of rotatable bonds is 9. The van der Waals surface area contributed by atoms with Crippen LogP contribution in [-0.2, 0) is 16.0 Å². The van der Waals surface area contributed by atoms with E-state index in [0.29, 0.717) is 30.6 Å². The van der Waals surface area contributed by atoms with E-state index >= 15 is 0 Å². The predicted octanol–water partition coefficient (Wildman–Crippen LogP) is 4.76. The minimum absolute atomic E-state index is 0.0666. The summed E-state index contributed by atoms with van der Waals surface area (Å²) in [6.07, 6.45) is 1.12. The lowest BCUT2D eigenvalue weighted by atomic mass is 9.96. The van der Waals surface area contributed by atoms with Crippen molar-refractivity contribution in [3.63, 3.8) is 0 Å². The molecular weight excluding hydrogens is 390 g/mol. The minimum atomic E-state index is -2.93. The summed E-state index contributed by atoms with van der Waals surface area (Å²) in [6, 6.07) is 14.0. The molecule has 0 bridgehead atoms. The highest BCUT2D eigenvalue weighted by atomic mass is 19.3. The van der Waals surface area contributed by atoms with Gasteiger partial charge in [0.25, 0.3) is 0 Å². The number of anilines is 1. The molecule has 0 saturated carbocycles. The molecule has 0 aliphatic heterocycles. The molecule has 0 aliphatic rings. The lowest BCUT2D eigenvalue weighted by molar-refractivity contribution is -0.128. The number of ether oxygens (including phenoxy) is 1. The summed E-state index contributed by atoms with van der Waals surface area (Å²) in [4.78, 5) is 24.0. The van der Waals surface area contributed by atoms with Crippen molar-refractivity contribution in [2.45, 2.75) is 46.6 Å². The molecule has 0 aliphatic carbocycles. The van der Waals surface area contributed by atoms with Crippen LogP contribution in [0.25, 0.3) is 0 Å². The van der Waals surface area contributed by atoms with Gasteiger partial charge < -0.3 is 15.4 Å². The van der Waals surface area contributed by atoms with E-state index in [0.717, 1.165) is 5.56 Å². The molecule has 0 atom stereocenters. The summed E-state index contributed by atoms with van der Waals surface area (Å²) in [5.74, 6) is -0.201. The number of nitrogens with one attached hydrogen (secondary N) is 2. The van der Waals surface area contributed by atoms with Gasteiger partial charge in [0, 0.05) is 36.1 Å². The average Bonchev–Trinajstić information content (AvgIpc) is 2.67. The maximum atomic E-state index is 12.7. The van der Waals surface area contributed by atoms with E-state index in [1.54, 1.807) is 6.07 Å². The molecule has 2 amide bonds. The minimum Gasteiger partial charge on any atom is -0.435 e. The van der Waals surface area contributed by atoms with Crippen LogP contribution >= 0.6 is 0 Å². The van der Waals surface area contributed by atoms with Crippen LogP contribution in [0.15, 0.2) is 48.5 Å². The topological polar surface area (TPSA) is 67.4 Å². The predicted molar refractivity (Wildman–Crippen MR) is 113 cm³/mol. The summed E-state index contributed by atoms with van der Waals surface area (Å²) >= 11 is 0. The van der Waals surface area contributed by atoms with Crippen molar-refractivity contribution >= 4 is 17.5 Å². The second-order valence-corrected chi connectivity index (χ2v) is 8.02. The van der Waals surface area contributed by atoms with Crippen molar-refractivity contribution in [1.29, 1.82) is 0 Å². The number of alkyl halides is 2. The molecule has 2 aromatic carbocycles. The van der Waals surface area contributed by atoms with E-state index in [1.165, 1.54) is 12.1 Å². The van der Waals surface area contributed by atoms with Crippen molar-refractivity contribution in [2.24, 2.45) is 5.41 Å². The Morgan fingerprint density at radius 2 is 1.77 bits per heavy atom. The fourth-order valence-corrected chi connectivity index (χ4v) is 2.76. The van der Waals surface area contributed by atoms with Crippen LogP contribution < -0.4 is 15.4 Å². The van der Waals surface area contributed by atoms with Crippen molar-refractivity contribution < 1.29 is 23.1 Å². The molecule has 0 saturated heterocycles. The zero-order chi connectivity index (χ0) is 22.1. The van der Waals surface area contributed by atoms with Crippen LogP contribution in [0.4, 0.5) is 14.5 Å². The molecule has 0 heterocycles. The summed E-state index contributed by atoms with van der Waals surface area (Å²) in [6.45, 7) is 2.95. The summed E-state index contributed by atoms with van der Waals surface area (Å²) in [5.41, 5.74) is 1.53. The van der Waals surface area contributed by atoms with Gasteiger partial charge in [-0.15, -0.1) is 0 Å². The first-order valence-corrected chi connectivity index (χ1v) is 9.85. The molecule has 7 heteroatoms. The van der Waals surface area contributed by atoms with E-state index < -0.39 is 12.0 Å². The molecule has 0 fully saturated rings. The van der Waals surface area contributed by atoms with Gasteiger partial charge in [0.1, 0.15) is 5.75 Å². The molecule has 2 N–H and O–H groups in total. The number of carbonyl (C=O) groups excluding carboxylic acids is 2. The van der Waals surface area contributed by atoms with Gasteiger partial charge in [-0.2, -0.15) is 8.78 Å². The third-order valence-electron chi connectivity index (χ3n) is 4.35. The third-order valence-corrected chi connectivity index (χ3v) is 4.35. The molecule has 5 nitrogen and oxygen atoms in total. The number of halogens is 2. The highest BCUT2D eigenvalue weighted by Crippen LogP contribution is 2.27. The van der Waals surface area contributed by atoms with Gasteiger partial charge >= 0.3 is 6.61 Å². The Labute approximate surface area is 175 Å². The first-order chi connectivity index (χ1) is 14.1. The molecule has 162 valence electrons. The fourth-order valence-electron chi connectivity index (χ4n) is 2.76. The van der Waals surface area contributed by atoms with Gasteiger partial charge in [-0.1, -0.05) is 51.1 Å². The second kappa shape index (κ2) is 10.7. The quantitative estimate of drug-likeness (QED) is 0.577. The highest BCUT2D eigenvalue weighted by molar-refractivity contribution is 5.91. The Morgan fingerprint density at radius 1 is 1.07 bits per heavy atom. The standard InChI is InChI=1S/C23H28F2N2O3/c1-23(2,3)21(29)26-13-7-10-20(28)27-18-11-12-19(30-22(24)25)17(15-18)14-16-8-5-4-6-9-16/h4-6,8-9,11-12,15,22H,7,10,13-14H2,1-3H3,(H,26,29)(H,27,28). The van der Waals surface area contributed by atoms with Gasteiger partial charge in [-0.25, -0.2) is 0 Å². The van der Waals surface area contributed by atoms with Crippen LogP contribution in [-0.4, -0.2) is 25.0 Å². The molecule has 0 spiro atoms. The lowest BCUT2D eigenvalue weighted by Gasteiger charge is -2.17. The third kappa shape index (κ3) is 7.81. The number of hydrogen-bond acceptors (Lipinski definition) is 3. The largest absolute Gasteiger partial charge is 0.435 e. The fraction of sp³-hybridized carbons (Fsp3) is 0.391. The van der Waals surface area contributed by atoms with Gasteiger partial charge in [-0.3, -0.25) is 9.59 Å². The van der Waals surface area contributed by atoms with Gasteiger partial charge in [-0.05, 0) is 30.2 Å². The maximum Gasteiger partial charge on any atom is 0.387 e. The summed E-state index contributed by atoms with van der Waals surface area (Å²) in [5, 5.41) is 5.57. The Hall–Kier alpha value is -2.96. The van der Waals surface area contributed by atoms with Crippen LogP contribution in [0.1, 0.15) is 44.7 Å². The van der Waals surface area contributed by atoms with Gasteiger partial charge in [0.15, 0.2) is 0 Å². The normalized spacial score (nSPS) is 11.3. The smallest absolute Gasteiger partial charge is 0.387 e. The van der Waals surface area contributed by atoms with E-state index in [4.69, 9.17) is 0 Å². The van der Waals surface area contributed by atoms with Crippen molar-refractivity contribution in [3.8, 4) is 5.75 Å². The van der Waals surface area contributed by atoms with Crippen LogP contribution in [0.3, 0.4) is 0 Å². The lowest BCUT2D eigenvalue weighted by Crippen LogP contribution is -2.35. The molecule has 0 unspecified atom stereocenters. The molecule has 30 heavy (non-hydrogen) atoms. The first kappa shape index (κ1) is 23.3. The molecule has 2 aromatic rings. The van der Waals surface area contributed by atoms with Crippen LogP contribution in [0.5, 0.6) is 5.75 Å². The maximum absolute atomic E-state index is 12.7. The van der Waals surface area contributed by atoms with Crippen LogP contribution in [0, 0.1) is 5.41 Å². The Kier molecular flexibility index (Phi) is 8.33. The van der Waals surface area contributed by atoms with Crippen molar-refractivity contribution in [2.75, 3.05) is 11.9 Å². The summed E-state index contributed by atoms with van der Waals surface area (Å²) < 4.78 is 30.1. The molecule has 0 radical (unpaired) electrons. The van der Waals surface area contributed by atoms with E-state index in [-0.39, 0.29) is 24.0 Å². The summed E-state index contributed by atoms with van der Waals surface area (Å²) in [7, 11) is 0. The SMILES string of the molecule is CC(C)(C)C(=O)NCCCC(=O)Nc1ccc(OC(F)F)c(Cc2ccccc2)c1. The van der Waals surface area contributed by atoms with E-state index in [2.05, 4.69) is 15.4 Å². The zero-order valence-corrected chi connectivity index (χ0v) is 17.5. The number of benzene rings is 2. The van der Waals surface area contributed by atoms with Crippen molar-refractivity contribution in [3.05, 3.63) is 59.7 Å². The van der Waals surface area contributed by atoms with Crippen molar-refractivity contribution in [1.82, 2.24) is 5.32 Å². The zero-order valence-electron chi connectivity index (χ0n) is 17.5.